The van der Waals surface area contributed by atoms with Gasteiger partial charge in [0.25, 0.3) is 0 Å². The van der Waals surface area contributed by atoms with Gasteiger partial charge in [-0.1, -0.05) is 12.8 Å². The summed E-state index contributed by atoms with van der Waals surface area (Å²) in [6.45, 7) is 1.04. The van der Waals surface area contributed by atoms with Crippen molar-refractivity contribution in [3.8, 4) is 0 Å². The average Bonchev–Trinajstić information content (AvgIpc) is 2.02. The van der Waals surface area contributed by atoms with Gasteiger partial charge in [-0.25, -0.2) is 0 Å². The van der Waals surface area contributed by atoms with Gasteiger partial charge in [-0.3, -0.25) is 4.79 Å². The highest BCUT2D eigenvalue weighted by atomic mass is 16.4. The van der Waals surface area contributed by atoms with Gasteiger partial charge in [0.05, 0.1) is 6.54 Å². The van der Waals surface area contributed by atoms with Gasteiger partial charge in [0.15, 0.2) is 0 Å². The molecule has 0 rings (SSSR count). The van der Waals surface area contributed by atoms with Crippen molar-refractivity contribution in [1.82, 2.24) is 5.32 Å². The lowest BCUT2D eigenvalue weighted by Gasteiger charge is -2.00. The summed E-state index contributed by atoms with van der Waals surface area (Å²) >= 11 is 0. The summed E-state index contributed by atoms with van der Waals surface area (Å²) in [5.41, 5.74) is 0. The zero-order chi connectivity index (χ0) is 9.23. The molecule has 0 aliphatic rings. The lowest BCUT2D eigenvalue weighted by molar-refractivity contribution is -0.135. The number of hydrogen-bond donors (Lipinski definition) is 3. The van der Waals surface area contributed by atoms with Gasteiger partial charge in [0, 0.05) is 6.61 Å². The Bertz CT molecular complexity index is 117. The minimum atomic E-state index is -0.814. The van der Waals surface area contributed by atoms with Gasteiger partial charge in [-0.15, -0.1) is 0 Å². The molecule has 12 heavy (non-hydrogen) atoms. The predicted octanol–water partition coefficient (Wildman–Crippen LogP) is 0.213. The molecule has 0 radical (unpaired) electrons. The van der Waals surface area contributed by atoms with Crippen LogP contribution in [0.15, 0.2) is 0 Å². The van der Waals surface area contributed by atoms with Crippen LogP contribution in [-0.4, -0.2) is 35.9 Å². The van der Waals surface area contributed by atoms with Crippen molar-refractivity contribution in [2.75, 3.05) is 19.7 Å². The number of unbranched alkanes of at least 4 members (excludes halogenated alkanes) is 3. The number of carbonyl (C=O) groups is 1. The van der Waals surface area contributed by atoms with Crippen LogP contribution in [0.2, 0.25) is 0 Å². The summed E-state index contributed by atoms with van der Waals surface area (Å²) in [5, 5.41) is 19.5. The molecule has 0 atom stereocenters. The van der Waals surface area contributed by atoms with Crippen LogP contribution in [0.1, 0.15) is 25.7 Å². The van der Waals surface area contributed by atoms with Crippen LogP contribution in [0.4, 0.5) is 0 Å². The van der Waals surface area contributed by atoms with Crippen molar-refractivity contribution in [2.24, 2.45) is 0 Å². The Morgan fingerprint density at radius 1 is 1.17 bits per heavy atom. The lowest BCUT2D eigenvalue weighted by Crippen LogP contribution is -2.23. The molecule has 0 aromatic carbocycles. The topological polar surface area (TPSA) is 69.6 Å². The zero-order valence-electron chi connectivity index (χ0n) is 7.25. The Labute approximate surface area is 72.6 Å². The quantitative estimate of drug-likeness (QED) is 0.461. The molecule has 0 fully saturated rings. The molecular weight excluding hydrogens is 158 g/mol. The molecule has 0 aromatic rings. The summed E-state index contributed by atoms with van der Waals surface area (Å²) in [6, 6.07) is 0. The maximum Gasteiger partial charge on any atom is 0.317 e. The van der Waals surface area contributed by atoms with E-state index < -0.39 is 5.97 Å². The lowest BCUT2D eigenvalue weighted by atomic mass is 10.2. The molecule has 3 N–H and O–H groups in total. The van der Waals surface area contributed by atoms with E-state index >= 15 is 0 Å². The van der Waals surface area contributed by atoms with Gasteiger partial charge in [-0.05, 0) is 19.4 Å². The molecule has 0 heterocycles. The maximum atomic E-state index is 10.0. The van der Waals surface area contributed by atoms with E-state index in [4.69, 9.17) is 10.2 Å². The fourth-order valence-corrected chi connectivity index (χ4v) is 0.911. The molecular formula is C8H17NO3. The molecule has 0 aliphatic carbocycles. The molecule has 4 heteroatoms. The first-order valence-corrected chi connectivity index (χ1v) is 4.30. The standard InChI is InChI=1S/C8H17NO3/c10-6-4-2-1-3-5-9-7-8(11)12/h9-10H,1-7H2,(H,11,12). The summed E-state index contributed by atoms with van der Waals surface area (Å²) in [7, 11) is 0. The second-order valence-corrected chi connectivity index (χ2v) is 2.71. The smallest absolute Gasteiger partial charge is 0.317 e. The van der Waals surface area contributed by atoms with E-state index in [0.29, 0.717) is 0 Å². The van der Waals surface area contributed by atoms with Crippen LogP contribution in [0.3, 0.4) is 0 Å². The zero-order valence-corrected chi connectivity index (χ0v) is 7.25. The SMILES string of the molecule is O=C(O)CNCCCCCCO. The summed E-state index contributed by atoms with van der Waals surface area (Å²) < 4.78 is 0. The van der Waals surface area contributed by atoms with E-state index in [1.54, 1.807) is 0 Å². The van der Waals surface area contributed by atoms with Crippen LogP contribution < -0.4 is 5.32 Å². The molecule has 0 spiro atoms. The first-order valence-electron chi connectivity index (χ1n) is 4.30. The Kier molecular flexibility index (Phi) is 8.05. The number of aliphatic carboxylic acids is 1. The third kappa shape index (κ3) is 9.39. The number of carboxylic acid groups (broad SMARTS) is 1. The van der Waals surface area contributed by atoms with E-state index in [1.165, 1.54) is 0 Å². The highest BCUT2D eigenvalue weighted by Gasteiger charge is 1.94. The van der Waals surface area contributed by atoms with E-state index in [2.05, 4.69) is 5.32 Å². The van der Waals surface area contributed by atoms with Gasteiger partial charge in [-0.2, -0.15) is 0 Å². The summed E-state index contributed by atoms with van der Waals surface area (Å²) in [6.07, 6.45) is 3.89. The molecule has 0 saturated carbocycles. The van der Waals surface area contributed by atoms with Crippen molar-refractivity contribution in [2.45, 2.75) is 25.7 Å². The minimum absolute atomic E-state index is 0.0417. The number of hydrogen-bond acceptors (Lipinski definition) is 3. The van der Waals surface area contributed by atoms with Crippen molar-refractivity contribution in [1.29, 1.82) is 0 Å². The molecule has 0 bridgehead atoms. The normalized spacial score (nSPS) is 10.1. The van der Waals surface area contributed by atoms with E-state index in [9.17, 15) is 4.79 Å². The molecule has 4 nitrogen and oxygen atoms in total. The minimum Gasteiger partial charge on any atom is -0.480 e. The molecule has 0 amide bonds. The number of aliphatic hydroxyl groups excluding tert-OH is 1. The third-order valence-corrected chi connectivity index (χ3v) is 1.54. The van der Waals surface area contributed by atoms with Crippen molar-refractivity contribution < 1.29 is 15.0 Å². The average molecular weight is 175 g/mol. The number of carboxylic acids is 1. The third-order valence-electron chi connectivity index (χ3n) is 1.54. The largest absolute Gasteiger partial charge is 0.480 e. The number of aliphatic hydroxyl groups is 1. The number of rotatable bonds is 8. The van der Waals surface area contributed by atoms with Crippen molar-refractivity contribution in [3.05, 3.63) is 0 Å². The van der Waals surface area contributed by atoms with Crippen molar-refractivity contribution >= 4 is 5.97 Å². The number of nitrogens with one attached hydrogen (secondary N) is 1. The summed E-state index contributed by atoms with van der Waals surface area (Å²) in [4.78, 5) is 10.0. The summed E-state index contributed by atoms with van der Waals surface area (Å²) in [5.74, 6) is -0.814. The second-order valence-electron chi connectivity index (χ2n) is 2.71. The Hall–Kier alpha value is -0.610. The Morgan fingerprint density at radius 2 is 1.83 bits per heavy atom. The first kappa shape index (κ1) is 11.4. The highest BCUT2D eigenvalue weighted by Crippen LogP contribution is 1.96. The molecule has 0 aliphatic heterocycles. The second kappa shape index (κ2) is 8.49. The highest BCUT2D eigenvalue weighted by molar-refractivity contribution is 5.68. The fraction of sp³-hybridized carbons (Fsp3) is 0.875. The van der Waals surface area contributed by atoms with Gasteiger partial charge >= 0.3 is 5.97 Å². The van der Waals surface area contributed by atoms with Crippen LogP contribution in [0.5, 0.6) is 0 Å². The van der Waals surface area contributed by atoms with Crippen molar-refractivity contribution in [3.63, 3.8) is 0 Å². The van der Waals surface area contributed by atoms with Gasteiger partial charge in [0.1, 0.15) is 0 Å². The predicted molar refractivity (Wildman–Crippen MR) is 46.1 cm³/mol. The van der Waals surface area contributed by atoms with E-state index in [0.717, 1.165) is 32.2 Å². The monoisotopic (exact) mass is 175 g/mol. The molecule has 0 saturated heterocycles. The van der Waals surface area contributed by atoms with Gasteiger partial charge in [0.2, 0.25) is 0 Å². The van der Waals surface area contributed by atoms with Crippen LogP contribution in [-0.2, 0) is 4.79 Å². The Morgan fingerprint density at radius 3 is 2.42 bits per heavy atom. The maximum absolute atomic E-state index is 10.0. The molecule has 0 unspecified atom stereocenters. The van der Waals surface area contributed by atoms with Crippen LogP contribution in [0.25, 0.3) is 0 Å². The van der Waals surface area contributed by atoms with E-state index in [-0.39, 0.29) is 13.2 Å². The Balaban J connectivity index is 2.86. The molecule has 72 valence electrons. The fourth-order valence-electron chi connectivity index (χ4n) is 0.911. The van der Waals surface area contributed by atoms with Crippen LogP contribution >= 0.6 is 0 Å². The van der Waals surface area contributed by atoms with Gasteiger partial charge < -0.3 is 15.5 Å². The first-order chi connectivity index (χ1) is 5.77. The van der Waals surface area contributed by atoms with Crippen LogP contribution in [0, 0.1) is 0 Å². The van der Waals surface area contributed by atoms with E-state index in [1.807, 2.05) is 0 Å². The molecule has 0 aromatic heterocycles.